The van der Waals surface area contributed by atoms with Crippen molar-refractivity contribution in [1.29, 1.82) is 0 Å². The van der Waals surface area contributed by atoms with Crippen molar-refractivity contribution < 1.29 is 14.3 Å². The molecule has 1 aliphatic heterocycles. The van der Waals surface area contributed by atoms with Gasteiger partial charge in [-0.05, 0) is 6.92 Å². The highest BCUT2D eigenvalue weighted by molar-refractivity contribution is 5.97. The molecule has 1 aromatic carbocycles. The van der Waals surface area contributed by atoms with Gasteiger partial charge in [-0.3, -0.25) is 9.69 Å². The van der Waals surface area contributed by atoms with Crippen LogP contribution < -0.4 is 0 Å². The Balaban J connectivity index is 1.74. The number of carbonyl (C=O) groups excluding carboxylic acids is 1. The Bertz CT molecular complexity index is 658. The Kier molecular flexibility index (Phi) is 4.73. The Morgan fingerprint density at radius 1 is 1.22 bits per heavy atom. The second-order valence-corrected chi connectivity index (χ2v) is 5.75. The van der Waals surface area contributed by atoms with Crippen LogP contribution in [0.5, 0.6) is 0 Å². The van der Waals surface area contributed by atoms with Crippen molar-refractivity contribution in [2.75, 3.05) is 39.3 Å². The van der Waals surface area contributed by atoms with E-state index in [1.807, 2.05) is 31.2 Å². The standard InChI is InChI=1S/C17H21N3O3/c1-13-2-4-14(5-3-13)16-15(18-12-23-16)17(22)20-8-6-19(7-9-20)10-11-21/h2-5,12,21H,6-11H2,1H3. The number of oxazole rings is 1. The fourth-order valence-electron chi connectivity index (χ4n) is 2.77. The number of aryl methyl sites for hydroxylation is 1. The molecule has 1 aromatic heterocycles. The van der Waals surface area contributed by atoms with Crippen LogP contribution in [0, 0.1) is 6.92 Å². The number of hydrogen-bond donors (Lipinski definition) is 1. The summed E-state index contributed by atoms with van der Waals surface area (Å²) in [6.07, 6.45) is 1.32. The summed E-state index contributed by atoms with van der Waals surface area (Å²) in [7, 11) is 0. The lowest BCUT2D eigenvalue weighted by molar-refractivity contribution is 0.0610. The number of carbonyl (C=O) groups is 1. The van der Waals surface area contributed by atoms with Crippen LogP contribution in [0.4, 0.5) is 0 Å². The van der Waals surface area contributed by atoms with E-state index >= 15 is 0 Å². The summed E-state index contributed by atoms with van der Waals surface area (Å²) in [5.74, 6) is 0.422. The van der Waals surface area contributed by atoms with Crippen LogP contribution in [0.1, 0.15) is 16.1 Å². The Labute approximate surface area is 135 Å². The Morgan fingerprint density at radius 3 is 2.57 bits per heavy atom. The highest BCUT2D eigenvalue weighted by atomic mass is 16.3. The molecule has 0 atom stereocenters. The van der Waals surface area contributed by atoms with Crippen molar-refractivity contribution in [2.45, 2.75) is 6.92 Å². The molecule has 2 heterocycles. The molecule has 0 spiro atoms. The maximum atomic E-state index is 12.7. The molecule has 6 nitrogen and oxygen atoms in total. The molecule has 0 aliphatic carbocycles. The first-order valence-corrected chi connectivity index (χ1v) is 7.82. The quantitative estimate of drug-likeness (QED) is 0.923. The van der Waals surface area contributed by atoms with E-state index in [-0.39, 0.29) is 12.5 Å². The number of benzene rings is 1. The maximum Gasteiger partial charge on any atom is 0.276 e. The normalized spacial score (nSPS) is 15.8. The highest BCUT2D eigenvalue weighted by Gasteiger charge is 2.26. The molecule has 0 radical (unpaired) electrons. The van der Waals surface area contributed by atoms with Crippen LogP contribution in [0.2, 0.25) is 0 Å². The van der Waals surface area contributed by atoms with Gasteiger partial charge in [0.25, 0.3) is 5.91 Å². The number of β-amino-alcohol motifs (C(OH)–C–C–N with tert-alkyl or cyclic N) is 1. The van der Waals surface area contributed by atoms with Crippen molar-refractivity contribution in [3.8, 4) is 11.3 Å². The lowest BCUT2D eigenvalue weighted by atomic mass is 10.1. The van der Waals surface area contributed by atoms with Crippen LogP contribution in [-0.2, 0) is 0 Å². The Hall–Kier alpha value is -2.18. The molecular weight excluding hydrogens is 294 g/mol. The van der Waals surface area contributed by atoms with Gasteiger partial charge in [-0.15, -0.1) is 0 Å². The van der Waals surface area contributed by atoms with E-state index in [0.717, 1.165) is 24.2 Å². The second-order valence-electron chi connectivity index (χ2n) is 5.75. The van der Waals surface area contributed by atoms with Crippen LogP contribution in [-0.4, -0.2) is 65.1 Å². The smallest absolute Gasteiger partial charge is 0.276 e. The summed E-state index contributed by atoms with van der Waals surface area (Å²) in [6, 6.07) is 7.84. The van der Waals surface area contributed by atoms with Crippen molar-refractivity contribution in [3.63, 3.8) is 0 Å². The van der Waals surface area contributed by atoms with Gasteiger partial charge < -0.3 is 14.4 Å². The molecule has 1 N–H and O–H groups in total. The van der Waals surface area contributed by atoms with E-state index in [9.17, 15) is 4.79 Å². The lowest BCUT2D eigenvalue weighted by Gasteiger charge is -2.34. The lowest BCUT2D eigenvalue weighted by Crippen LogP contribution is -2.49. The minimum atomic E-state index is -0.0991. The van der Waals surface area contributed by atoms with Gasteiger partial charge in [0.1, 0.15) is 0 Å². The molecule has 2 aromatic rings. The molecule has 1 aliphatic rings. The molecular formula is C17H21N3O3. The van der Waals surface area contributed by atoms with Gasteiger partial charge in [-0.1, -0.05) is 29.8 Å². The maximum absolute atomic E-state index is 12.7. The number of amides is 1. The van der Waals surface area contributed by atoms with Crippen molar-refractivity contribution in [1.82, 2.24) is 14.8 Å². The molecule has 6 heteroatoms. The van der Waals surface area contributed by atoms with E-state index in [2.05, 4.69) is 9.88 Å². The largest absolute Gasteiger partial charge is 0.443 e. The zero-order chi connectivity index (χ0) is 16.2. The minimum absolute atomic E-state index is 0.0991. The molecule has 1 fully saturated rings. The monoisotopic (exact) mass is 315 g/mol. The molecule has 1 saturated heterocycles. The van der Waals surface area contributed by atoms with E-state index in [1.165, 1.54) is 6.39 Å². The minimum Gasteiger partial charge on any atom is -0.443 e. The van der Waals surface area contributed by atoms with Crippen LogP contribution in [0.25, 0.3) is 11.3 Å². The van der Waals surface area contributed by atoms with Gasteiger partial charge in [0.05, 0.1) is 6.61 Å². The number of nitrogens with zero attached hydrogens (tertiary/aromatic N) is 3. The average Bonchev–Trinajstić information content (AvgIpc) is 3.05. The van der Waals surface area contributed by atoms with Crippen LogP contribution >= 0.6 is 0 Å². The third-order valence-corrected chi connectivity index (χ3v) is 4.16. The predicted octanol–water partition coefficient (Wildman–Crippen LogP) is 1.40. The average molecular weight is 315 g/mol. The highest BCUT2D eigenvalue weighted by Crippen LogP contribution is 2.24. The fraction of sp³-hybridized carbons (Fsp3) is 0.412. The Morgan fingerprint density at radius 2 is 1.91 bits per heavy atom. The third-order valence-electron chi connectivity index (χ3n) is 4.16. The first-order valence-electron chi connectivity index (χ1n) is 7.82. The summed E-state index contributed by atoms with van der Waals surface area (Å²) in [6.45, 7) is 5.63. The SMILES string of the molecule is Cc1ccc(-c2ocnc2C(=O)N2CCN(CCO)CC2)cc1. The van der Waals surface area contributed by atoms with Crippen LogP contribution in [0.15, 0.2) is 35.1 Å². The van der Waals surface area contributed by atoms with E-state index in [1.54, 1.807) is 4.90 Å². The van der Waals surface area contributed by atoms with Gasteiger partial charge >= 0.3 is 0 Å². The van der Waals surface area contributed by atoms with Crippen LogP contribution in [0.3, 0.4) is 0 Å². The molecule has 122 valence electrons. The molecule has 0 saturated carbocycles. The molecule has 3 rings (SSSR count). The second kappa shape index (κ2) is 6.93. The summed E-state index contributed by atoms with van der Waals surface area (Å²) in [4.78, 5) is 20.8. The summed E-state index contributed by atoms with van der Waals surface area (Å²) < 4.78 is 5.46. The van der Waals surface area contributed by atoms with E-state index in [0.29, 0.717) is 31.1 Å². The number of piperazine rings is 1. The first-order chi connectivity index (χ1) is 11.2. The molecule has 0 unspecified atom stereocenters. The zero-order valence-electron chi connectivity index (χ0n) is 13.2. The predicted molar refractivity (Wildman–Crippen MR) is 86.1 cm³/mol. The van der Waals surface area contributed by atoms with E-state index in [4.69, 9.17) is 9.52 Å². The number of aromatic nitrogens is 1. The zero-order valence-corrected chi connectivity index (χ0v) is 13.2. The van der Waals surface area contributed by atoms with Crippen molar-refractivity contribution in [2.24, 2.45) is 0 Å². The number of rotatable bonds is 4. The van der Waals surface area contributed by atoms with Gasteiger partial charge in [0.2, 0.25) is 0 Å². The first kappa shape index (κ1) is 15.7. The number of aliphatic hydroxyl groups is 1. The van der Waals surface area contributed by atoms with E-state index < -0.39 is 0 Å². The topological polar surface area (TPSA) is 69.8 Å². The third kappa shape index (κ3) is 3.43. The number of aliphatic hydroxyl groups excluding tert-OH is 1. The summed E-state index contributed by atoms with van der Waals surface area (Å²) in [5, 5.41) is 8.98. The summed E-state index contributed by atoms with van der Waals surface area (Å²) >= 11 is 0. The molecule has 1 amide bonds. The van der Waals surface area contributed by atoms with Gasteiger partial charge in [-0.25, -0.2) is 4.98 Å². The molecule has 0 bridgehead atoms. The fourth-order valence-corrected chi connectivity index (χ4v) is 2.77. The van der Waals surface area contributed by atoms with Gasteiger partial charge in [0.15, 0.2) is 17.8 Å². The van der Waals surface area contributed by atoms with Crippen molar-refractivity contribution >= 4 is 5.91 Å². The van der Waals surface area contributed by atoms with Gasteiger partial charge in [-0.2, -0.15) is 0 Å². The van der Waals surface area contributed by atoms with Gasteiger partial charge in [0, 0.05) is 38.3 Å². The number of hydrogen-bond acceptors (Lipinski definition) is 5. The summed E-state index contributed by atoms with van der Waals surface area (Å²) in [5.41, 5.74) is 2.38. The molecule has 23 heavy (non-hydrogen) atoms. The van der Waals surface area contributed by atoms with Crippen molar-refractivity contribution in [3.05, 3.63) is 41.9 Å².